The summed E-state index contributed by atoms with van der Waals surface area (Å²) >= 11 is 0. The molecule has 3 aromatic heterocycles. The van der Waals surface area contributed by atoms with Crippen LogP contribution in [0.3, 0.4) is 0 Å². The first-order valence-electron chi connectivity index (χ1n) is 13.0. The fourth-order valence-electron chi connectivity index (χ4n) is 4.98. The summed E-state index contributed by atoms with van der Waals surface area (Å²) in [6.45, 7) is 12.0. The molecule has 198 valence electrons. The first-order valence-corrected chi connectivity index (χ1v) is 13.0. The van der Waals surface area contributed by atoms with Crippen LogP contribution in [0.15, 0.2) is 65.2 Å². The number of ether oxygens (including phenoxy) is 1. The molecule has 0 radical (unpaired) electrons. The molecule has 0 saturated carbocycles. The van der Waals surface area contributed by atoms with E-state index in [2.05, 4.69) is 61.5 Å². The van der Waals surface area contributed by atoms with E-state index in [0.717, 1.165) is 73.2 Å². The molecule has 1 saturated heterocycles. The smallest absolute Gasteiger partial charge is 0.158 e. The number of hydrogen-bond acceptors (Lipinski definition) is 7. The molecule has 10 heteroatoms. The Hall–Kier alpha value is -4.02. The second-order valence-corrected chi connectivity index (χ2v) is 9.49. The van der Waals surface area contributed by atoms with Crippen LogP contribution in [0.5, 0.6) is 11.5 Å². The maximum Gasteiger partial charge on any atom is 0.158 e. The summed E-state index contributed by atoms with van der Waals surface area (Å²) < 4.78 is 9.62. The summed E-state index contributed by atoms with van der Waals surface area (Å²) in [5.41, 5.74) is 4.74. The molecule has 0 atom stereocenters. The minimum Gasteiger partial charge on any atom is -0.457 e. The number of pyridine rings is 1. The average molecular weight is 514 g/mol. The third-order valence-electron chi connectivity index (χ3n) is 6.94. The van der Waals surface area contributed by atoms with Gasteiger partial charge in [-0.3, -0.25) is 9.89 Å². The molecular weight excluding hydrogens is 478 g/mol. The summed E-state index contributed by atoms with van der Waals surface area (Å²) in [6.07, 6.45) is 7.63. The van der Waals surface area contributed by atoms with Gasteiger partial charge in [-0.05, 0) is 80.9 Å². The van der Waals surface area contributed by atoms with E-state index >= 15 is 0 Å². The maximum absolute atomic E-state index is 6.13. The molecule has 4 heterocycles. The number of aliphatic imine (C=N–C) groups is 1. The summed E-state index contributed by atoms with van der Waals surface area (Å²) in [5.74, 6) is 2.22. The van der Waals surface area contributed by atoms with Gasteiger partial charge in [0, 0.05) is 50.5 Å². The van der Waals surface area contributed by atoms with Crippen molar-refractivity contribution in [2.45, 2.75) is 39.3 Å². The number of benzene rings is 1. The van der Waals surface area contributed by atoms with Crippen LogP contribution >= 0.6 is 0 Å². The van der Waals surface area contributed by atoms with Gasteiger partial charge in [0.2, 0.25) is 0 Å². The van der Waals surface area contributed by atoms with Gasteiger partial charge in [0.1, 0.15) is 23.5 Å². The highest BCUT2D eigenvalue weighted by molar-refractivity contribution is 6.08. The van der Waals surface area contributed by atoms with Gasteiger partial charge in [0.15, 0.2) is 11.5 Å². The largest absolute Gasteiger partial charge is 0.457 e. The van der Waals surface area contributed by atoms with Crippen LogP contribution in [0.25, 0.3) is 5.65 Å². The molecule has 5 rings (SSSR count). The van der Waals surface area contributed by atoms with Gasteiger partial charge in [-0.15, -0.1) is 0 Å². The first kappa shape index (κ1) is 25.6. The second kappa shape index (κ2) is 11.6. The predicted octanol–water partition coefficient (Wildman–Crippen LogP) is 4.16. The zero-order valence-electron chi connectivity index (χ0n) is 22.3. The molecule has 10 nitrogen and oxygen atoms in total. The number of aryl methyl sites for hydroxylation is 1. The Kier molecular flexibility index (Phi) is 7.81. The minimum atomic E-state index is 0.616. The Morgan fingerprint density at radius 2 is 2.00 bits per heavy atom. The van der Waals surface area contributed by atoms with Gasteiger partial charge in [-0.1, -0.05) is 6.92 Å². The Morgan fingerprint density at radius 1 is 1.16 bits per heavy atom. The Balaban J connectivity index is 1.30. The Bertz CT molecular complexity index is 1430. The predicted molar refractivity (Wildman–Crippen MR) is 152 cm³/mol. The highest BCUT2D eigenvalue weighted by Gasteiger charge is 2.22. The molecule has 0 unspecified atom stereocenters. The number of aromatic nitrogens is 4. The van der Waals surface area contributed by atoms with E-state index in [4.69, 9.17) is 4.74 Å². The van der Waals surface area contributed by atoms with Crippen molar-refractivity contribution >= 4 is 23.9 Å². The Labute approximate surface area is 223 Å². The van der Waals surface area contributed by atoms with Crippen LogP contribution in [-0.4, -0.2) is 69.5 Å². The number of anilines is 1. The van der Waals surface area contributed by atoms with Crippen LogP contribution in [0.2, 0.25) is 0 Å². The van der Waals surface area contributed by atoms with Crippen molar-refractivity contribution in [1.29, 1.82) is 0 Å². The summed E-state index contributed by atoms with van der Waals surface area (Å²) in [6, 6.07) is 12.5. The van der Waals surface area contributed by atoms with E-state index in [9.17, 15) is 0 Å². The zero-order valence-corrected chi connectivity index (χ0v) is 22.3. The average Bonchev–Trinajstić information content (AvgIpc) is 3.56. The number of piperidine rings is 1. The van der Waals surface area contributed by atoms with Crippen molar-refractivity contribution in [3.05, 3.63) is 71.9 Å². The number of hydrogen-bond donors (Lipinski definition) is 2. The number of nitrogens with zero attached hydrogens (tertiary/aromatic N) is 7. The van der Waals surface area contributed by atoms with Crippen LogP contribution < -0.4 is 15.4 Å². The summed E-state index contributed by atoms with van der Waals surface area (Å²) in [7, 11) is 1.79. The number of likely N-dealkylation sites (tertiary alicyclic amines) is 1. The standard InChI is InChI=1S/C28H35N9O/c1-5-31-22-9-12-35(13-10-22)18-21-8-14-37(30-4)27(21)28(29-3)34-23-6-7-25(20(2)16-23)38-24-11-15-36-26(17-24)32-19-33-36/h6-8,11,14-17,19,22,31H,4-5,9-10,12-13,18H2,1-3H3,(H,29,34). The van der Waals surface area contributed by atoms with Crippen molar-refractivity contribution in [3.8, 4) is 11.5 Å². The molecule has 0 amide bonds. The van der Waals surface area contributed by atoms with Crippen LogP contribution in [-0.2, 0) is 6.54 Å². The summed E-state index contributed by atoms with van der Waals surface area (Å²) in [5, 5.41) is 15.4. The lowest BCUT2D eigenvalue weighted by molar-refractivity contribution is 0.191. The topological polar surface area (TPSA) is 96.4 Å². The molecule has 1 fully saturated rings. The van der Waals surface area contributed by atoms with Crippen molar-refractivity contribution in [2.75, 3.05) is 32.0 Å². The normalized spacial score (nSPS) is 15.2. The molecule has 2 N–H and O–H groups in total. The van der Waals surface area contributed by atoms with Crippen LogP contribution in [0, 0.1) is 6.92 Å². The van der Waals surface area contributed by atoms with Crippen LogP contribution in [0.4, 0.5) is 5.69 Å². The number of rotatable bonds is 9. The second-order valence-electron chi connectivity index (χ2n) is 9.49. The molecule has 4 aromatic rings. The third kappa shape index (κ3) is 5.61. The maximum atomic E-state index is 6.13. The van der Waals surface area contributed by atoms with Gasteiger partial charge < -0.3 is 15.4 Å². The quantitative estimate of drug-likeness (QED) is 0.258. The number of nitrogens with one attached hydrogen (secondary N) is 2. The first-order chi connectivity index (χ1) is 18.6. The zero-order chi connectivity index (χ0) is 26.5. The lowest BCUT2D eigenvalue weighted by Crippen LogP contribution is -2.42. The molecular formula is C28H35N9O. The highest BCUT2D eigenvalue weighted by atomic mass is 16.5. The van der Waals surface area contributed by atoms with Crippen LogP contribution in [0.1, 0.15) is 36.6 Å². The van der Waals surface area contributed by atoms with Gasteiger partial charge in [-0.25, -0.2) is 14.2 Å². The fourth-order valence-corrected chi connectivity index (χ4v) is 4.98. The summed E-state index contributed by atoms with van der Waals surface area (Å²) in [4.78, 5) is 11.3. The van der Waals surface area contributed by atoms with Gasteiger partial charge in [-0.2, -0.15) is 10.2 Å². The third-order valence-corrected chi connectivity index (χ3v) is 6.94. The van der Waals surface area contributed by atoms with Crippen molar-refractivity contribution in [2.24, 2.45) is 10.1 Å². The van der Waals surface area contributed by atoms with Gasteiger partial charge in [0.05, 0.1) is 0 Å². The molecule has 0 bridgehead atoms. The van der Waals surface area contributed by atoms with Crippen molar-refractivity contribution in [3.63, 3.8) is 0 Å². The van der Waals surface area contributed by atoms with Gasteiger partial charge in [0.25, 0.3) is 0 Å². The van der Waals surface area contributed by atoms with Crippen molar-refractivity contribution in [1.82, 2.24) is 29.5 Å². The number of amidine groups is 1. The fraction of sp³-hybridized carbons (Fsp3) is 0.357. The van der Waals surface area contributed by atoms with E-state index < -0.39 is 0 Å². The van der Waals surface area contributed by atoms with E-state index in [1.54, 1.807) is 16.2 Å². The van der Waals surface area contributed by atoms with Crippen molar-refractivity contribution < 1.29 is 4.74 Å². The minimum absolute atomic E-state index is 0.616. The molecule has 38 heavy (non-hydrogen) atoms. The Morgan fingerprint density at radius 3 is 2.74 bits per heavy atom. The van der Waals surface area contributed by atoms with E-state index in [-0.39, 0.29) is 0 Å². The highest BCUT2D eigenvalue weighted by Crippen LogP contribution is 2.28. The number of fused-ring (bicyclic) bond motifs is 1. The monoisotopic (exact) mass is 513 g/mol. The SMILES string of the molecule is C=Nn1ccc(CN2CCC(NCC)CC2)c1C(=NC)Nc1ccc(Oc2ccn3ncnc3c2)c(C)c1. The molecule has 1 aromatic carbocycles. The van der Waals surface area contributed by atoms with E-state index in [1.165, 1.54) is 11.9 Å². The molecule has 1 aliphatic rings. The van der Waals surface area contributed by atoms with E-state index in [1.807, 2.05) is 43.6 Å². The lowest BCUT2D eigenvalue weighted by Gasteiger charge is -2.32. The molecule has 0 spiro atoms. The lowest BCUT2D eigenvalue weighted by atomic mass is 10.0. The molecule has 0 aliphatic carbocycles. The van der Waals surface area contributed by atoms with E-state index in [0.29, 0.717) is 11.8 Å². The molecule has 1 aliphatic heterocycles. The van der Waals surface area contributed by atoms with Gasteiger partial charge >= 0.3 is 0 Å².